The molecule has 0 radical (unpaired) electrons. The standard InChI is InChI=1S/C12H14N4O2/c17-12(10-3-8-18-9-10)15-5-1-11(2-6-15)16-7-4-13-14-16/h3-4,7-9,11H,1-2,5-6H2. The zero-order valence-corrected chi connectivity index (χ0v) is 9.90. The van der Waals surface area contributed by atoms with Gasteiger partial charge in [0.2, 0.25) is 0 Å². The van der Waals surface area contributed by atoms with E-state index in [1.54, 1.807) is 12.3 Å². The number of aromatic nitrogens is 3. The van der Waals surface area contributed by atoms with Gasteiger partial charge < -0.3 is 9.32 Å². The fraction of sp³-hybridized carbons (Fsp3) is 0.417. The van der Waals surface area contributed by atoms with Crippen LogP contribution >= 0.6 is 0 Å². The highest BCUT2D eigenvalue weighted by molar-refractivity contribution is 5.93. The minimum Gasteiger partial charge on any atom is -0.472 e. The molecule has 0 saturated carbocycles. The largest absolute Gasteiger partial charge is 0.472 e. The minimum atomic E-state index is 0.0424. The summed E-state index contributed by atoms with van der Waals surface area (Å²) in [5, 5.41) is 7.82. The van der Waals surface area contributed by atoms with Gasteiger partial charge in [-0.2, -0.15) is 0 Å². The quantitative estimate of drug-likeness (QED) is 0.802. The topological polar surface area (TPSA) is 64.2 Å². The zero-order valence-electron chi connectivity index (χ0n) is 9.90. The van der Waals surface area contributed by atoms with Crippen LogP contribution in [0.1, 0.15) is 29.2 Å². The maximum atomic E-state index is 12.1. The molecule has 1 saturated heterocycles. The molecular formula is C12H14N4O2. The molecule has 1 amide bonds. The number of hydrogen-bond acceptors (Lipinski definition) is 4. The number of furan rings is 1. The van der Waals surface area contributed by atoms with Crippen molar-refractivity contribution in [1.82, 2.24) is 19.9 Å². The highest BCUT2D eigenvalue weighted by Crippen LogP contribution is 2.22. The van der Waals surface area contributed by atoms with Gasteiger partial charge in [-0.25, -0.2) is 4.68 Å². The first-order chi connectivity index (χ1) is 8.84. The van der Waals surface area contributed by atoms with Crippen LogP contribution in [-0.4, -0.2) is 38.9 Å². The van der Waals surface area contributed by atoms with E-state index in [-0.39, 0.29) is 5.91 Å². The summed E-state index contributed by atoms with van der Waals surface area (Å²) >= 11 is 0. The van der Waals surface area contributed by atoms with Gasteiger partial charge in [-0.05, 0) is 18.9 Å². The van der Waals surface area contributed by atoms with E-state index >= 15 is 0 Å². The molecule has 94 valence electrons. The maximum Gasteiger partial charge on any atom is 0.257 e. The van der Waals surface area contributed by atoms with Crippen LogP contribution in [0, 0.1) is 0 Å². The molecule has 0 atom stereocenters. The number of carbonyl (C=O) groups excluding carboxylic acids is 1. The van der Waals surface area contributed by atoms with Gasteiger partial charge in [0.1, 0.15) is 6.26 Å². The lowest BCUT2D eigenvalue weighted by Crippen LogP contribution is -2.39. The smallest absolute Gasteiger partial charge is 0.257 e. The molecular weight excluding hydrogens is 232 g/mol. The number of piperidine rings is 1. The Hall–Kier alpha value is -2.11. The number of hydrogen-bond donors (Lipinski definition) is 0. The summed E-state index contributed by atoms with van der Waals surface area (Å²) in [6.45, 7) is 1.49. The highest BCUT2D eigenvalue weighted by atomic mass is 16.3. The molecule has 3 rings (SSSR count). The van der Waals surface area contributed by atoms with Crippen molar-refractivity contribution >= 4 is 5.91 Å². The van der Waals surface area contributed by atoms with E-state index in [1.807, 2.05) is 15.8 Å². The lowest BCUT2D eigenvalue weighted by Gasteiger charge is -2.31. The number of carbonyl (C=O) groups is 1. The predicted octanol–water partition coefficient (Wildman–Crippen LogP) is 1.35. The molecule has 0 spiro atoms. The molecule has 1 aliphatic heterocycles. The third kappa shape index (κ3) is 2.01. The summed E-state index contributed by atoms with van der Waals surface area (Å²) in [6, 6.07) is 2.05. The van der Waals surface area contributed by atoms with Crippen LogP contribution in [0.4, 0.5) is 0 Å². The van der Waals surface area contributed by atoms with Crippen molar-refractivity contribution in [2.24, 2.45) is 0 Å². The number of rotatable bonds is 2. The van der Waals surface area contributed by atoms with E-state index in [0.717, 1.165) is 25.9 Å². The summed E-state index contributed by atoms with van der Waals surface area (Å²) in [4.78, 5) is 13.9. The summed E-state index contributed by atoms with van der Waals surface area (Å²) in [7, 11) is 0. The number of nitrogens with zero attached hydrogens (tertiary/aromatic N) is 4. The predicted molar refractivity (Wildman–Crippen MR) is 62.9 cm³/mol. The second-order valence-electron chi connectivity index (χ2n) is 4.42. The summed E-state index contributed by atoms with van der Waals surface area (Å²) in [6.07, 6.45) is 8.39. The second-order valence-corrected chi connectivity index (χ2v) is 4.42. The Morgan fingerprint density at radius 1 is 1.39 bits per heavy atom. The molecule has 0 bridgehead atoms. The van der Waals surface area contributed by atoms with Gasteiger partial charge in [-0.15, -0.1) is 5.10 Å². The maximum absolute atomic E-state index is 12.1. The minimum absolute atomic E-state index is 0.0424. The van der Waals surface area contributed by atoms with Gasteiger partial charge >= 0.3 is 0 Å². The first kappa shape index (κ1) is 11.0. The molecule has 0 aliphatic carbocycles. The fourth-order valence-corrected chi connectivity index (χ4v) is 2.31. The average molecular weight is 246 g/mol. The molecule has 0 N–H and O–H groups in total. The molecule has 18 heavy (non-hydrogen) atoms. The van der Waals surface area contributed by atoms with Crippen LogP contribution in [0.3, 0.4) is 0 Å². The normalized spacial score (nSPS) is 17.0. The van der Waals surface area contributed by atoms with Crippen molar-refractivity contribution in [1.29, 1.82) is 0 Å². The van der Waals surface area contributed by atoms with Crippen LogP contribution < -0.4 is 0 Å². The molecule has 6 heteroatoms. The number of amides is 1. The first-order valence-electron chi connectivity index (χ1n) is 6.02. The van der Waals surface area contributed by atoms with E-state index in [1.165, 1.54) is 12.5 Å². The van der Waals surface area contributed by atoms with E-state index in [4.69, 9.17) is 4.42 Å². The summed E-state index contributed by atoms with van der Waals surface area (Å²) < 4.78 is 6.81. The Labute approximate surface area is 104 Å². The third-order valence-electron chi connectivity index (χ3n) is 3.33. The summed E-state index contributed by atoms with van der Waals surface area (Å²) in [5.41, 5.74) is 0.620. The lowest BCUT2D eigenvalue weighted by atomic mass is 10.0. The Balaban J connectivity index is 1.62. The van der Waals surface area contributed by atoms with Crippen LogP contribution in [0.5, 0.6) is 0 Å². The molecule has 6 nitrogen and oxygen atoms in total. The van der Waals surface area contributed by atoms with Gasteiger partial charge in [0, 0.05) is 19.3 Å². The number of likely N-dealkylation sites (tertiary alicyclic amines) is 1. The molecule has 0 aromatic carbocycles. The van der Waals surface area contributed by atoms with Crippen molar-refractivity contribution in [2.45, 2.75) is 18.9 Å². The van der Waals surface area contributed by atoms with E-state index in [9.17, 15) is 4.79 Å². The zero-order chi connectivity index (χ0) is 12.4. The second kappa shape index (κ2) is 4.64. The highest BCUT2D eigenvalue weighted by Gasteiger charge is 2.25. The van der Waals surface area contributed by atoms with Crippen molar-refractivity contribution in [2.75, 3.05) is 13.1 Å². The Kier molecular flexibility index (Phi) is 2.84. The molecule has 2 aromatic rings. The van der Waals surface area contributed by atoms with Crippen molar-refractivity contribution in [3.8, 4) is 0 Å². The van der Waals surface area contributed by atoms with Crippen LogP contribution in [0.15, 0.2) is 35.4 Å². The van der Waals surface area contributed by atoms with Gasteiger partial charge in [0.05, 0.1) is 24.1 Å². The van der Waals surface area contributed by atoms with Crippen LogP contribution in [-0.2, 0) is 0 Å². The van der Waals surface area contributed by atoms with E-state index in [2.05, 4.69) is 10.3 Å². The van der Waals surface area contributed by atoms with E-state index in [0.29, 0.717) is 11.6 Å². The van der Waals surface area contributed by atoms with E-state index < -0.39 is 0 Å². The molecule has 2 aromatic heterocycles. The SMILES string of the molecule is O=C(c1ccoc1)N1CCC(n2ccnn2)CC1. The van der Waals surface area contributed by atoms with Gasteiger partial charge in [0.15, 0.2) is 0 Å². The Morgan fingerprint density at radius 3 is 2.83 bits per heavy atom. The summed E-state index contributed by atoms with van der Waals surface area (Å²) in [5.74, 6) is 0.0424. The first-order valence-corrected chi connectivity index (χ1v) is 6.02. The van der Waals surface area contributed by atoms with Crippen molar-refractivity contribution in [3.05, 3.63) is 36.5 Å². The van der Waals surface area contributed by atoms with Gasteiger partial charge in [-0.1, -0.05) is 5.21 Å². The molecule has 0 unspecified atom stereocenters. The fourth-order valence-electron chi connectivity index (χ4n) is 2.31. The van der Waals surface area contributed by atoms with Gasteiger partial charge in [0.25, 0.3) is 5.91 Å². The van der Waals surface area contributed by atoms with Crippen molar-refractivity contribution < 1.29 is 9.21 Å². The van der Waals surface area contributed by atoms with Crippen LogP contribution in [0.2, 0.25) is 0 Å². The average Bonchev–Trinajstić information content (AvgIpc) is 3.11. The van der Waals surface area contributed by atoms with Gasteiger partial charge in [-0.3, -0.25) is 4.79 Å². The Morgan fingerprint density at radius 2 is 2.22 bits per heavy atom. The van der Waals surface area contributed by atoms with Crippen LogP contribution in [0.25, 0.3) is 0 Å². The molecule has 1 fully saturated rings. The molecule has 1 aliphatic rings. The molecule has 3 heterocycles. The third-order valence-corrected chi connectivity index (χ3v) is 3.33. The van der Waals surface area contributed by atoms with Crippen molar-refractivity contribution in [3.63, 3.8) is 0 Å². The monoisotopic (exact) mass is 246 g/mol. The Bertz CT molecular complexity index is 498. The lowest BCUT2D eigenvalue weighted by molar-refractivity contribution is 0.0688.